The Labute approximate surface area is 80.5 Å². The molecule has 0 unspecified atom stereocenters. The highest BCUT2D eigenvalue weighted by Crippen LogP contribution is 2.24. The maximum Gasteiger partial charge on any atom is 0.270 e. The summed E-state index contributed by atoms with van der Waals surface area (Å²) in [5, 5.41) is 15.4. The van der Waals surface area contributed by atoms with Gasteiger partial charge in [0.05, 0.1) is 6.57 Å². The van der Waals surface area contributed by atoms with E-state index in [1.54, 1.807) is 6.07 Å². The van der Waals surface area contributed by atoms with Gasteiger partial charge in [-0.15, -0.1) is 4.99 Å². The van der Waals surface area contributed by atoms with E-state index in [-0.39, 0.29) is 29.2 Å². The third-order valence-electron chi connectivity index (χ3n) is 1.60. The Morgan fingerprint density at radius 3 is 2.57 bits per heavy atom. The molecule has 0 amide bonds. The molecule has 0 aromatic carbocycles. The molecule has 0 saturated carbocycles. The second-order valence-electron chi connectivity index (χ2n) is 2.34. The lowest BCUT2D eigenvalue weighted by atomic mass is 10.1. The highest BCUT2D eigenvalue weighted by atomic mass is 15.0. The summed E-state index contributed by atoms with van der Waals surface area (Å²) < 4.78 is 0. The van der Waals surface area contributed by atoms with Crippen molar-refractivity contribution in [1.82, 2.24) is 0 Å². The maximum atomic E-state index is 8.58. The van der Waals surface area contributed by atoms with Crippen molar-refractivity contribution in [2.45, 2.75) is 6.42 Å². The topological polar surface area (TPSA) is 68.7 Å². The van der Waals surface area contributed by atoms with Gasteiger partial charge in [0.1, 0.15) is 6.07 Å². The summed E-state index contributed by atoms with van der Waals surface area (Å²) >= 11 is 0. The Balaban J connectivity index is 3.11. The van der Waals surface area contributed by atoms with Gasteiger partial charge in [-0.2, -0.15) is 5.26 Å². The molecule has 0 aliphatic carbocycles. The number of rotatable bonds is 1. The van der Waals surface area contributed by atoms with Crippen molar-refractivity contribution in [3.8, 4) is 6.07 Å². The molecule has 0 bridgehead atoms. The van der Waals surface area contributed by atoms with E-state index >= 15 is 0 Å². The molecule has 1 heterocycles. The molecule has 14 heavy (non-hydrogen) atoms. The Morgan fingerprint density at radius 2 is 2.21 bits per heavy atom. The van der Waals surface area contributed by atoms with Gasteiger partial charge in [0.25, 0.3) is 5.82 Å². The predicted molar refractivity (Wildman–Crippen MR) is 49.1 cm³/mol. The van der Waals surface area contributed by atoms with Crippen LogP contribution >= 0.6 is 0 Å². The predicted octanol–water partition coefficient (Wildman–Crippen LogP) is 1.54. The average Bonchev–Trinajstić information content (AvgIpc) is 2.63. The summed E-state index contributed by atoms with van der Waals surface area (Å²) in [6.07, 6.45) is 0.149. The summed E-state index contributed by atoms with van der Waals surface area (Å²) in [5.41, 5.74) is 0.474. The fraction of sp³-hybridized carbons (Fsp3) is 0.111. The van der Waals surface area contributed by atoms with Gasteiger partial charge in [-0.1, -0.05) is 6.57 Å². The van der Waals surface area contributed by atoms with Crippen LogP contribution in [-0.2, 0) is 0 Å². The van der Waals surface area contributed by atoms with E-state index in [1.807, 2.05) is 5.87 Å². The minimum Gasteiger partial charge on any atom is -0.372 e. The van der Waals surface area contributed by atoms with Gasteiger partial charge in [0.15, 0.2) is 17.0 Å². The number of hydrogen-bond donors (Lipinski definition) is 1. The Bertz CT molecular complexity index is 509. The summed E-state index contributed by atoms with van der Waals surface area (Å²) in [7, 11) is 0. The Hall–Kier alpha value is -2.67. The highest BCUT2D eigenvalue weighted by Gasteiger charge is 2.24. The van der Waals surface area contributed by atoms with Gasteiger partial charge < -0.3 is 4.85 Å². The van der Waals surface area contributed by atoms with Crippen LogP contribution in [0.1, 0.15) is 6.42 Å². The molecule has 0 aromatic heterocycles. The number of nitrogens with one attached hydrogen (secondary N) is 1. The standard InChI is InChI=1S/C9H3N5/c1-12-8-3-7(6(4-10)5-11)14-9(8)13-2/h10H,3H2. The maximum absolute atomic E-state index is 8.58. The number of hydrogen-bond acceptors (Lipinski definition) is 3. The number of aliphatic imine (C=N–C) groups is 1. The van der Waals surface area contributed by atoms with Crippen molar-refractivity contribution >= 4 is 11.6 Å². The van der Waals surface area contributed by atoms with E-state index in [0.29, 0.717) is 0 Å². The molecule has 1 rings (SSSR count). The quantitative estimate of drug-likeness (QED) is 0.372. The minimum absolute atomic E-state index is 0.0120. The molecule has 5 nitrogen and oxygen atoms in total. The largest absolute Gasteiger partial charge is 0.372 e. The van der Waals surface area contributed by atoms with Gasteiger partial charge in [0.2, 0.25) is 0 Å². The van der Waals surface area contributed by atoms with Gasteiger partial charge in [-0.05, 0) is 0 Å². The van der Waals surface area contributed by atoms with Crippen LogP contribution in [-0.4, -0.2) is 11.6 Å². The SMILES string of the molecule is [C-]#[N+]C1=C([N+]#[C-])N=C(C(=C=N)C#N)C1. The van der Waals surface area contributed by atoms with Gasteiger partial charge in [-0.25, -0.2) is 0 Å². The van der Waals surface area contributed by atoms with Crippen LogP contribution in [0.2, 0.25) is 0 Å². The van der Waals surface area contributed by atoms with Crippen molar-refractivity contribution in [2.24, 2.45) is 4.99 Å². The van der Waals surface area contributed by atoms with Crippen LogP contribution < -0.4 is 0 Å². The first kappa shape index (κ1) is 9.42. The number of allylic oxidation sites excluding steroid dienone is 2. The van der Waals surface area contributed by atoms with Crippen molar-refractivity contribution in [2.75, 3.05) is 0 Å². The number of nitrogens with zero attached hydrogens (tertiary/aromatic N) is 4. The van der Waals surface area contributed by atoms with E-state index < -0.39 is 0 Å². The average molecular weight is 181 g/mol. The number of nitriles is 1. The Morgan fingerprint density at radius 1 is 1.50 bits per heavy atom. The molecule has 0 fully saturated rings. The van der Waals surface area contributed by atoms with Crippen LogP contribution in [0.4, 0.5) is 0 Å². The lowest BCUT2D eigenvalue weighted by Crippen LogP contribution is -1.98. The Kier molecular flexibility index (Phi) is 2.57. The second-order valence-corrected chi connectivity index (χ2v) is 2.34. The molecule has 64 valence electrons. The smallest absolute Gasteiger partial charge is 0.270 e. The lowest BCUT2D eigenvalue weighted by Gasteiger charge is -1.87. The van der Waals surface area contributed by atoms with Crippen molar-refractivity contribution in [1.29, 1.82) is 10.7 Å². The first-order valence-corrected chi connectivity index (χ1v) is 3.52. The molecule has 0 aromatic rings. The van der Waals surface area contributed by atoms with Crippen molar-refractivity contribution in [3.63, 3.8) is 0 Å². The molecular formula is C9H3N5. The van der Waals surface area contributed by atoms with Crippen LogP contribution in [0, 0.1) is 29.9 Å². The monoisotopic (exact) mass is 181 g/mol. The first-order chi connectivity index (χ1) is 6.76. The molecule has 1 aliphatic rings. The van der Waals surface area contributed by atoms with E-state index in [9.17, 15) is 0 Å². The molecular weight excluding hydrogens is 178 g/mol. The van der Waals surface area contributed by atoms with Crippen molar-refractivity contribution in [3.05, 3.63) is 39.9 Å². The molecule has 1 N–H and O–H groups in total. The van der Waals surface area contributed by atoms with Crippen LogP contribution in [0.3, 0.4) is 0 Å². The lowest BCUT2D eigenvalue weighted by molar-refractivity contribution is 1.35. The van der Waals surface area contributed by atoms with Gasteiger partial charge in [-0.3, -0.25) is 10.3 Å². The zero-order chi connectivity index (χ0) is 10.6. The van der Waals surface area contributed by atoms with E-state index in [0.717, 1.165) is 0 Å². The molecule has 0 saturated heterocycles. The molecule has 1 aliphatic heterocycles. The summed E-state index contributed by atoms with van der Waals surface area (Å²) in [4.78, 5) is 9.98. The zero-order valence-corrected chi connectivity index (χ0v) is 7.00. The molecule has 0 radical (unpaired) electrons. The van der Waals surface area contributed by atoms with Crippen LogP contribution in [0.15, 0.2) is 22.1 Å². The third kappa shape index (κ3) is 1.42. The fourth-order valence-electron chi connectivity index (χ4n) is 0.958. The van der Waals surface area contributed by atoms with E-state index in [2.05, 4.69) is 14.7 Å². The van der Waals surface area contributed by atoms with Crippen LogP contribution in [0.5, 0.6) is 0 Å². The fourth-order valence-corrected chi connectivity index (χ4v) is 0.958. The summed E-state index contributed by atoms with van der Waals surface area (Å²) in [6.45, 7) is 13.5. The van der Waals surface area contributed by atoms with E-state index in [1.165, 1.54) is 0 Å². The second kappa shape index (κ2) is 3.83. The zero-order valence-electron chi connectivity index (χ0n) is 7.00. The molecule has 5 heteroatoms. The van der Waals surface area contributed by atoms with Crippen LogP contribution in [0.25, 0.3) is 9.69 Å². The summed E-state index contributed by atoms with van der Waals surface area (Å²) in [5.74, 6) is 1.94. The highest BCUT2D eigenvalue weighted by molar-refractivity contribution is 6.12. The first-order valence-electron chi connectivity index (χ1n) is 3.52. The normalized spacial score (nSPS) is 13.4. The minimum atomic E-state index is -0.0233. The molecule has 0 atom stereocenters. The third-order valence-corrected chi connectivity index (χ3v) is 1.60. The summed E-state index contributed by atoms with van der Waals surface area (Å²) in [6, 6.07) is 1.74. The van der Waals surface area contributed by atoms with Crippen molar-refractivity contribution < 1.29 is 0 Å². The van der Waals surface area contributed by atoms with E-state index in [4.69, 9.17) is 23.8 Å². The van der Waals surface area contributed by atoms with Gasteiger partial charge >= 0.3 is 0 Å². The van der Waals surface area contributed by atoms with Gasteiger partial charge in [0, 0.05) is 12.3 Å². The molecule has 0 spiro atoms.